The quantitative estimate of drug-likeness (QED) is 0.477. The number of nitrogens with one attached hydrogen (secondary N) is 1. The van der Waals surface area contributed by atoms with Crippen LogP contribution in [0.1, 0.15) is 40.5 Å². The molecule has 4 aromatic rings. The molecule has 34 heavy (non-hydrogen) atoms. The van der Waals surface area contributed by atoms with Crippen LogP contribution in [0.25, 0.3) is 21.9 Å². The van der Waals surface area contributed by atoms with Crippen LogP contribution in [0.15, 0.2) is 55.0 Å². The third-order valence-electron chi connectivity index (χ3n) is 6.67. The number of aliphatic hydroxyl groups is 1. The maximum atomic E-state index is 13.0. The highest BCUT2D eigenvalue weighted by Gasteiger charge is 2.20. The van der Waals surface area contributed by atoms with Gasteiger partial charge >= 0.3 is 0 Å². The molecule has 1 aliphatic rings. The van der Waals surface area contributed by atoms with Crippen molar-refractivity contribution in [3.63, 3.8) is 0 Å². The van der Waals surface area contributed by atoms with Crippen LogP contribution in [0.3, 0.4) is 0 Å². The number of rotatable bonds is 5. The summed E-state index contributed by atoms with van der Waals surface area (Å²) in [7, 11) is 3.94. The predicted molar refractivity (Wildman–Crippen MR) is 132 cm³/mol. The second-order valence-electron chi connectivity index (χ2n) is 8.92. The van der Waals surface area contributed by atoms with Gasteiger partial charge in [0.2, 0.25) is 0 Å². The zero-order chi connectivity index (χ0) is 23.7. The number of benzene rings is 1. The number of piperidine rings is 1. The summed E-state index contributed by atoms with van der Waals surface area (Å²) >= 11 is 0. The van der Waals surface area contributed by atoms with Crippen LogP contribution in [0, 0.1) is 0 Å². The number of nitrogens with zero attached hydrogens (tertiary/aromatic N) is 5. The molecule has 2 N–H and O–H groups in total. The van der Waals surface area contributed by atoms with Crippen molar-refractivity contribution in [3.05, 3.63) is 71.9 Å². The van der Waals surface area contributed by atoms with E-state index in [1.165, 1.54) is 0 Å². The van der Waals surface area contributed by atoms with Crippen molar-refractivity contribution < 1.29 is 9.90 Å². The van der Waals surface area contributed by atoms with Crippen LogP contribution in [-0.2, 0) is 13.7 Å². The molecule has 0 unspecified atom stereocenters. The minimum absolute atomic E-state index is 0.0903. The van der Waals surface area contributed by atoms with Gasteiger partial charge in [0, 0.05) is 47.6 Å². The average molecular weight is 457 g/mol. The maximum Gasteiger partial charge on any atom is 0.256 e. The van der Waals surface area contributed by atoms with E-state index in [1.54, 1.807) is 29.3 Å². The molecule has 8 nitrogen and oxygen atoms in total. The van der Waals surface area contributed by atoms with E-state index in [0.29, 0.717) is 17.3 Å². The minimum Gasteiger partial charge on any atom is -0.390 e. The number of hydrogen-bond donors (Lipinski definition) is 2. The first kappa shape index (κ1) is 22.2. The number of amides is 1. The number of aromatic nitrogens is 4. The average Bonchev–Trinajstić information content (AvgIpc) is 3.24. The van der Waals surface area contributed by atoms with Crippen LogP contribution < -0.4 is 5.32 Å². The summed E-state index contributed by atoms with van der Waals surface area (Å²) in [6, 6.07) is 11.5. The molecule has 1 aliphatic heterocycles. The van der Waals surface area contributed by atoms with E-state index >= 15 is 0 Å². The van der Waals surface area contributed by atoms with Gasteiger partial charge in [-0.2, -0.15) is 5.10 Å². The standard InChI is InChI=1S/C26H28N6O2/c1-31-9-6-17(7-10-31)23-12-19(5-8-27-23)26(34)30-25-13-21-11-18(3-4-20(21)14-28-25)22-15-29-32(2)24(22)16-33/h3-5,8,11-15,17,33H,6-7,9-10,16H2,1-2H3,(H,28,30,34). The SMILES string of the molecule is CN1CCC(c2cc(C(=O)Nc3cc4cc(-c5cnn(C)c5CO)ccc4cn3)ccn2)CC1. The summed E-state index contributed by atoms with van der Waals surface area (Å²) in [5.74, 6) is 0.674. The van der Waals surface area contributed by atoms with Gasteiger partial charge in [0.05, 0.1) is 18.5 Å². The lowest BCUT2D eigenvalue weighted by Crippen LogP contribution is -2.29. The molecule has 5 rings (SSSR count). The molecule has 0 saturated carbocycles. The van der Waals surface area contributed by atoms with Crippen molar-refractivity contribution in [2.45, 2.75) is 25.4 Å². The van der Waals surface area contributed by atoms with E-state index in [-0.39, 0.29) is 12.5 Å². The van der Waals surface area contributed by atoms with Gasteiger partial charge < -0.3 is 15.3 Å². The van der Waals surface area contributed by atoms with Gasteiger partial charge in [-0.3, -0.25) is 14.5 Å². The molecule has 1 fully saturated rings. The van der Waals surface area contributed by atoms with Crippen molar-refractivity contribution in [2.75, 3.05) is 25.5 Å². The van der Waals surface area contributed by atoms with Gasteiger partial charge in [0.15, 0.2) is 0 Å². The van der Waals surface area contributed by atoms with Gasteiger partial charge in [-0.1, -0.05) is 12.1 Å². The molecule has 0 radical (unpaired) electrons. The Morgan fingerprint density at radius 1 is 1.06 bits per heavy atom. The summed E-state index contributed by atoms with van der Waals surface area (Å²) in [4.78, 5) is 24.3. The van der Waals surface area contributed by atoms with Gasteiger partial charge in [0.1, 0.15) is 5.82 Å². The lowest BCUT2D eigenvalue weighted by Gasteiger charge is -2.28. The maximum absolute atomic E-state index is 13.0. The van der Waals surface area contributed by atoms with E-state index in [2.05, 4.69) is 32.3 Å². The molecule has 0 bridgehead atoms. The highest BCUT2D eigenvalue weighted by molar-refractivity contribution is 6.04. The Kier molecular flexibility index (Phi) is 6.08. The highest BCUT2D eigenvalue weighted by atomic mass is 16.3. The molecule has 1 saturated heterocycles. The van der Waals surface area contributed by atoms with Gasteiger partial charge in [-0.05, 0) is 68.2 Å². The number of aliphatic hydroxyl groups excluding tert-OH is 1. The van der Waals surface area contributed by atoms with E-state index in [9.17, 15) is 9.90 Å². The number of pyridine rings is 2. The minimum atomic E-state index is -0.200. The molecular formula is C26H28N6O2. The fourth-order valence-corrected chi connectivity index (χ4v) is 4.57. The van der Waals surface area contributed by atoms with Crippen LogP contribution in [0.2, 0.25) is 0 Å². The first-order chi connectivity index (χ1) is 16.5. The Labute approximate surface area is 198 Å². The molecule has 3 aromatic heterocycles. The topological polar surface area (TPSA) is 96.2 Å². The monoisotopic (exact) mass is 456 g/mol. The predicted octanol–water partition coefficient (Wildman–Crippen LogP) is 3.58. The third-order valence-corrected chi connectivity index (χ3v) is 6.67. The van der Waals surface area contributed by atoms with Crippen molar-refractivity contribution in [3.8, 4) is 11.1 Å². The lowest BCUT2D eigenvalue weighted by atomic mass is 9.92. The Morgan fingerprint density at radius 3 is 2.68 bits per heavy atom. The summed E-state index contributed by atoms with van der Waals surface area (Å²) in [6.45, 7) is 2.00. The molecule has 1 amide bonds. The second-order valence-corrected chi connectivity index (χ2v) is 8.92. The molecular weight excluding hydrogens is 428 g/mol. The molecule has 8 heteroatoms. The normalized spacial score (nSPS) is 15.0. The van der Waals surface area contributed by atoms with Crippen molar-refractivity contribution in [1.29, 1.82) is 0 Å². The van der Waals surface area contributed by atoms with Crippen LogP contribution >= 0.6 is 0 Å². The fourth-order valence-electron chi connectivity index (χ4n) is 4.57. The van der Waals surface area contributed by atoms with Crippen LogP contribution in [-0.4, -0.2) is 55.8 Å². The second kappa shape index (κ2) is 9.32. The number of carbonyl (C=O) groups is 1. The van der Waals surface area contributed by atoms with E-state index in [1.807, 2.05) is 37.4 Å². The lowest BCUT2D eigenvalue weighted by molar-refractivity contribution is 0.102. The van der Waals surface area contributed by atoms with Crippen LogP contribution in [0.5, 0.6) is 0 Å². The first-order valence-electron chi connectivity index (χ1n) is 11.5. The molecule has 4 heterocycles. The summed E-state index contributed by atoms with van der Waals surface area (Å²) < 4.78 is 1.67. The highest BCUT2D eigenvalue weighted by Crippen LogP contribution is 2.29. The molecule has 1 aromatic carbocycles. The number of hydrogen-bond acceptors (Lipinski definition) is 6. The molecule has 174 valence electrons. The number of carbonyl (C=O) groups excluding carboxylic acids is 1. The first-order valence-corrected chi connectivity index (χ1v) is 11.5. The third kappa shape index (κ3) is 4.42. The van der Waals surface area contributed by atoms with E-state index in [0.717, 1.165) is 59.2 Å². The number of likely N-dealkylation sites (tertiary alicyclic amines) is 1. The van der Waals surface area contributed by atoms with Gasteiger partial charge in [-0.25, -0.2) is 4.98 Å². The summed E-state index contributed by atoms with van der Waals surface area (Å²) in [6.07, 6.45) is 7.33. The zero-order valence-corrected chi connectivity index (χ0v) is 19.4. The Balaban J connectivity index is 1.37. The summed E-state index contributed by atoms with van der Waals surface area (Å²) in [5, 5.41) is 18.8. The number of anilines is 1. The van der Waals surface area contributed by atoms with Crippen LogP contribution in [0.4, 0.5) is 5.82 Å². The summed E-state index contributed by atoms with van der Waals surface area (Å²) in [5.41, 5.74) is 4.15. The van der Waals surface area contributed by atoms with Gasteiger partial charge in [-0.15, -0.1) is 0 Å². The Bertz CT molecular complexity index is 1340. The fraction of sp³-hybridized carbons (Fsp3) is 0.308. The van der Waals surface area contributed by atoms with Crippen molar-refractivity contribution in [2.24, 2.45) is 7.05 Å². The number of fused-ring (bicyclic) bond motifs is 1. The Morgan fingerprint density at radius 2 is 1.88 bits per heavy atom. The zero-order valence-electron chi connectivity index (χ0n) is 19.4. The van der Waals surface area contributed by atoms with E-state index < -0.39 is 0 Å². The Hall–Kier alpha value is -3.62. The van der Waals surface area contributed by atoms with E-state index in [4.69, 9.17) is 0 Å². The molecule has 0 spiro atoms. The smallest absolute Gasteiger partial charge is 0.256 e. The number of aryl methyl sites for hydroxylation is 1. The van der Waals surface area contributed by atoms with Gasteiger partial charge in [0.25, 0.3) is 5.91 Å². The largest absolute Gasteiger partial charge is 0.390 e. The molecule has 0 atom stereocenters. The molecule has 0 aliphatic carbocycles. The van der Waals surface area contributed by atoms with Crippen molar-refractivity contribution in [1.82, 2.24) is 24.6 Å². The van der Waals surface area contributed by atoms with Crippen molar-refractivity contribution >= 4 is 22.5 Å².